The van der Waals surface area contributed by atoms with Gasteiger partial charge in [-0.2, -0.15) is 4.98 Å². The number of nitrogens with two attached hydrogens (primary N) is 1. The Balaban J connectivity index is 1.68. The molecule has 9 heteroatoms. The van der Waals surface area contributed by atoms with Crippen LogP contribution in [0.2, 0.25) is 0 Å². The number of anilines is 2. The Labute approximate surface area is 170 Å². The maximum absolute atomic E-state index is 11.8. The zero-order chi connectivity index (χ0) is 20.8. The molecule has 0 unspecified atom stereocenters. The molecule has 1 fully saturated rings. The summed E-state index contributed by atoms with van der Waals surface area (Å²) in [5.41, 5.74) is 6.53. The van der Waals surface area contributed by atoms with Crippen molar-refractivity contribution in [3.8, 4) is 0 Å². The molecule has 1 aromatic heterocycles. The molecule has 1 atom stereocenters. The van der Waals surface area contributed by atoms with Crippen molar-refractivity contribution in [3.05, 3.63) is 23.5 Å². The van der Waals surface area contributed by atoms with E-state index in [0.29, 0.717) is 18.2 Å². The van der Waals surface area contributed by atoms with Crippen LogP contribution in [0.25, 0.3) is 0 Å². The van der Waals surface area contributed by atoms with Gasteiger partial charge in [-0.1, -0.05) is 6.08 Å². The van der Waals surface area contributed by atoms with Gasteiger partial charge < -0.3 is 26.8 Å². The highest BCUT2D eigenvalue weighted by molar-refractivity contribution is 5.97. The van der Waals surface area contributed by atoms with Crippen LogP contribution in [-0.2, 0) is 4.79 Å². The smallest absolute Gasteiger partial charge is 0.254 e. The summed E-state index contributed by atoms with van der Waals surface area (Å²) in [7, 11) is 0. The Kier molecular flexibility index (Phi) is 7.03. The molecule has 0 spiro atoms. The SMILES string of the molecule is CC(=O)N[C@H]1CC[C@H](Nc2ncc(C(N)=O)c(NC3=CCCC[C@H](O)C3)n2)CC1. The molecule has 0 saturated heterocycles. The van der Waals surface area contributed by atoms with Crippen LogP contribution in [0.15, 0.2) is 18.0 Å². The highest BCUT2D eigenvalue weighted by atomic mass is 16.3. The predicted molar refractivity (Wildman–Crippen MR) is 110 cm³/mol. The second-order valence-corrected chi connectivity index (χ2v) is 7.86. The number of rotatable bonds is 6. The average Bonchev–Trinajstić information content (AvgIpc) is 2.86. The predicted octanol–water partition coefficient (Wildman–Crippen LogP) is 1.67. The zero-order valence-corrected chi connectivity index (χ0v) is 16.8. The third kappa shape index (κ3) is 6.15. The summed E-state index contributed by atoms with van der Waals surface area (Å²) in [6.45, 7) is 1.54. The van der Waals surface area contributed by atoms with Crippen molar-refractivity contribution in [1.82, 2.24) is 15.3 Å². The Bertz CT molecular complexity index is 773. The average molecular weight is 402 g/mol. The van der Waals surface area contributed by atoms with Crippen molar-refractivity contribution >= 4 is 23.6 Å². The first-order valence-corrected chi connectivity index (χ1v) is 10.3. The summed E-state index contributed by atoms with van der Waals surface area (Å²) in [6.07, 6.45) is 9.64. The molecule has 3 rings (SSSR count). The van der Waals surface area contributed by atoms with Gasteiger partial charge in [0.05, 0.1) is 6.10 Å². The normalized spacial score (nSPS) is 24.8. The summed E-state index contributed by atoms with van der Waals surface area (Å²) < 4.78 is 0. The largest absolute Gasteiger partial charge is 0.393 e. The number of nitrogens with zero attached hydrogens (tertiary/aromatic N) is 2. The molecule has 1 saturated carbocycles. The molecule has 2 aliphatic carbocycles. The van der Waals surface area contributed by atoms with Gasteiger partial charge in [0.2, 0.25) is 11.9 Å². The van der Waals surface area contributed by atoms with E-state index in [-0.39, 0.29) is 23.6 Å². The molecule has 158 valence electrons. The van der Waals surface area contributed by atoms with Crippen molar-refractivity contribution in [2.45, 2.75) is 76.5 Å². The number of carbonyl (C=O) groups excluding carboxylic acids is 2. The number of aliphatic hydroxyl groups is 1. The fraction of sp³-hybridized carbons (Fsp3) is 0.600. The van der Waals surface area contributed by atoms with Gasteiger partial charge in [0, 0.05) is 37.3 Å². The van der Waals surface area contributed by atoms with Gasteiger partial charge in [0.1, 0.15) is 11.4 Å². The third-order valence-electron chi connectivity index (χ3n) is 5.39. The lowest BCUT2D eigenvalue weighted by Crippen LogP contribution is -2.39. The first-order valence-electron chi connectivity index (χ1n) is 10.3. The van der Waals surface area contributed by atoms with E-state index in [2.05, 4.69) is 25.9 Å². The van der Waals surface area contributed by atoms with E-state index in [1.54, 1.807) is 0 Å². The van der Waals surface area contributed by atoms with Gasteiger partial charge in [-0.05, 0) is 44.9 Å². The van der Waals surface area contributed by atoms with E-state index >= 15 is 0 Å². The van der Waals surface area contributed by atoms with E-state index in [1.165, 1.54) is 13.1 Å². The van der Waals surface area contributed by atoms with Gasteiger partial charge in [-0.15, -0.1) is 0 Å². The molecule has 6 N–H and O–H groups in total. The minimum atomic E-state index is -0.607. The van der Waals surface area contributed by atoms with Crippen LogP contribution in [0.3, 0.4) is 0 Å². The zero-order valence-electron chi connectivity index (χ0n) is 16.8. The van der Waals surface area contributed by atoms with Crippen LogP contribution < -0.4 is 21.7 Å². The van der Waals surface area contributed by atoms with Crippen LogP contribution in [-0.4, -0.2) is 45.1 Å². The fourth-order valence-corrected chi connectivity index (χ4v) is 3.90. The van der Waals surface area contributed by atoms with E-state index in [4.69, 9.17) is 5.73 Å². The Morgan fingerprint density at radius 1 is 1.17 bits per heavy atom. The summed E-state index contributed by atoms with van der Waals surface area (Å²) in [5.74, 6) is 0.169. The summed E-state index contributed by atoms with van der Waals surface area (Å²) >= 11 is 0. The van der Waals surface area contributed by atoms with Crippen LogP contribution in [0.5, 0.6) is 0 Å². The van der Waals surface area contributed by atoms with Crippen molar-refractivity contribution in [2.24, 2.45) is 5.73 Å². The lowest BCUT2D eigenvalue weighted by Gasteiger charge is -2.29. The highest BCUT2D eigenvalue weighted by Gasteiger charge is 2.23. The number of primary amides is 1. The molecular weight excluding hydrogens is 372 g/mol. The Morgan fingerprint density at radius 2 is 1.90 bits per heavy atom. The first kappa shape index (κ1) is 21.0. The fourth-order valence-electron chi connectivity index (χ4n) is 3.90. The molecule has 0 radical (unpaired) electrons. The minimum absolute atomic E-state index is 0.000403. The lowest BCUT2D eigenvalue weighted by atomic mass is 9.91. The summed E-state index contributed by atoms with van der Waals surface area (Å²) in [6, 6.07) is 0.417. The van der Waals surface area contributed by atoms with Crippen LogP contribution in [0.4, 0.5) is 11.8 Å². The standard InChI is InChI=1S/C20H30N6O3/c1-12(27)23-13-6-8-14(9-7-13)25-20-22-11-17(18(21)29)19(26-20)24-15-4-2-3-5-16(28)10-15/h4,11,13-14,16,28H,2-3,5-10H2,1H3,(H2,21,29)(H,23,27)(H2,22,24,25,26)/t13-,14-,16-/m0/s1. The quantitative estimate of drug-likeness (QED) is 0.487. The van der Waals surface area contributed by atoms with Gasteiger partial charge in [0.25, 0.3) is 5.91 Å². The number of hydrogen-bond acceptors (Lipinski definition) is 7. The van der Waals surface area contributed by atoms with Gasteiger partial charge >= 0.3 is 0 Å². The molecule has 1 aromatic rings. The first-order chi connectivity index (χ1) is 13.9. The molecular formula is C20H30N6O3. The van der Waals surface area contributed by atoms with Crippen molar-refractivity contribution in [1.29, 1.82) is 0 Å². The monoisotopic (exact) mass is 402 g/mol. The van der Waals surface area contributed by atoms with Crippen molar-refractivity contribution in [2.75, 3.05) is 10.6 Å². The molecule has 0 aliphatic heterocycles. The number of allylic oxidation sites excluding steroid dienone is 1. The maximum atomic E-state index is 11.8. The molecule has 9 nitrogen and oxygen atoms in total. The van der Waals surface area contributed by atoms with E-state index in [1.807, 2.05) is 6.08 Å². The van der Waals surface area contributed by atoms with E-state index < -0.39 is 12.0 Å². The number of amides is 2. The second kappa shape index (κ2) is 9.69. The van der Waals surface area contributed by atoms with Gasteiger partial charge in [-0.25, -0.2) is 4.98 Å². The van der Waals surface area contributed by atoms with Crippen LogP contribution >= 0.6 is 0 Å². The van der Waals surface area contributed by atoms with Gasteiger partial charge in [-0.3, -0.25) is 9.59 Å². The number of nitrogens with one attached hydrogen (secondary N) is 3. The molecule has 0 bridgehead atoms. The number of aliphatic hydroxyl groups excluding tert-OH is 1. The Hall–Kier alpha value is -2.68. The summed E-state index contributed by atoms with van der Waals surface area (Å²) in [5, 5.41) is 19.5. The molecule has 2 aliphatic rings. The third-order valence-corrected chi connectivity index (χ3v) is 5.39. The molecule has 0 aromatic carbocycles. The second-order valence-electron chi connectivity index (χ2n) is 7.86. The highest BCUT2D eigenvalue weighted by Crippen LogP contribution is 2.24. The molecule has 29 heavy (non-hydrogen) atoms. The number of hydrogen-bond donors (Lipinski definition) is 5. The number of carbonyl (C=O) groups is 2. The van der Waals surface area contributed by atoms with E-state index in [9.17, 15) is 14.7 Å². The summed E-state index contributed by atoms with van der Waals surface area (Å²) in [4.78, 5) is 31.7. The minimum Gasteiger partial charge on any atom is -0.393 e. The lowest BCUT2D eigenvalue weighted by molar-refractivity contribution is -0.119. The topological polar surface area (TPSA) is 142 Å². The molecule has 1 heterocycles. The number of aromatic nitrogens is 2. The van der Waals surface area contributed by atoms with Crippen LogP contribution in [0, 0.1) is 0 Å². The van der Waals surface area contributed by atoms with Crippen molar-refractivity contribution < 1.29 is 14.7 Å². The maximum Gasteiger partial charge on any atom is 0.254 e. The van der Waals surface area contributed by atoms with Crippen LogP contribution in [0.1, 0.15) is 68.6 Å². The van der Waals surface area contributed by atoms with Gasteiger partial charge in [0.15, 0.2) is 0 Å². The molecule has 2 amide bonds. The van der Waals surface area contributed by atoms with Crippen molar-refractivity contribution in [3.63, 3.8) is 0 Å². The van der Waals surface area contributed by atoms with E-state index in [0.717, 1.165) is 50.6 Å². The Morgan fingerprint density at radius 3 is 2.59 bits per heavy atom.